The van der Waals surface area contributed by atoms with Gasteiger partial charge >= 0.3 is 5.97 Å². The maximum Gasteiger partial charge on any atom is 0.341 e. The zero-order chi connectivity index (χ0) is 9.30. The number of pyridine rings is 1. The van der Waals surface area contributed by atoms with Gasteiger partial charge in [0.1, 0.15) is 11.4 Å². The van der Waals surface area contributed by atoms with Crippen LogP contribution in [0.25, 0.3) is 0 Å². The highest BCUT2D eigenvalue weighted by Crippen LogP contribution is 2.04. The van der Waals surface area contributed by atoms with Crippen molar-refractivity contribution < 1.29 is 9.90 Å². The van der Waals surface area contributed by atoms with Crippen molar-refractivity contribution in [1.29, 1.82) is 0 Å². The largest absolute Gasteiger partial charge is 0.477 e. The van der Waals surface area contributed by atoms with E-state index < -0.39 is 11.5 Å². The number of hydrogen-bond donors (Lipinski definition) is 3. The van der Waals surface area contributed by atoms with Crippen LogP contribution in [0.1, 0.15) is 15.9 Å². The molecule has 0 fully saturated rings. The highest BCUT2D eigenvalue weighted by Gasteiger charge is 2.11. The van der Waals surface area contributed by atoms with Crippen molar-refractivity contribution in [3.63, 3.8) is 0 Å². The van der Waals surface area contributed by atoms with E-state index in [4.69, 9.17) is 10.8 Å². The van der Waals surface area contributed by atoms with Gasteiger partial charge in [0.05, 0.1) is 0 Å². The number of nitrogens with two attached hydrogens (primary N) is 1. The van der Waals surface area contributed by atoms with E-state index in [9.17, 15) is 9.59 Å². The summed E-state index contributed by atoms with van der Waals surface area (Å²) in [6.07, 6.45) is 0. The third-order valence-electron chi connectivity index (χ3n) is 1.47. The van der Waals surface area contributed by atoms with E-state index in [1.807, 2.05) is 0 Å². The lowest BCUT2D eigenvalue weighted by Gasteiger charge is -1.99. The van der Waals surface area contributed by atoms with Crippen molar-refractivity contribution in [3.05, 3.63) is 27.5 Å². The summed E-state index contributed by atoms with van der Waals surface area (Å²) in [6.45, 7) is 1.52. The van der Waals surface area contributed by atoms with Gasteiger partial charge in [-0.3, -0.25) is 4.79 Å². The number of nitrogens with one attached hydrogen (secondary N) is 1. The molecule has 0 aliphatic heterocycles. The van der Waals surface area contributed by atoms with E-state index in [0.29, 0.717) is 5.56 Å². The Morgan fingerprint density at radius 3 is 2.67 bits per heavy atom. The maximum absolute atomic E-state index is 11.0. The molecule has 1 heterocycles. The predicted molar refractivity (Wildman–Crippen MR) is 43.2 cm³/mol. The van der Waals surface area contributed by atoms with Crippen LogP contribution in [0.5, 0.6) is 0 Å². The lowest BCUT2D eigenvalue weighted by molar-refractivity contribution is 0.0694. The van der Waals surface area contributed by atoms with E-state index in [-0.39, 0.29) is 11.4 Å². The average Bonchev–Trinajstić information content (AvgIpc) is 1.82. The number of hydrogen-bond acceptors (Lipinski definition) is 3. The smallest absolute Gasteiger partial charge is 0.341 e. The van der Waals surface area contributed by atoms with Crippen LogP contribution < -0.4 is 11.3 Å². The topological polar surface area (TPSA) is 96.2 Å². The first-order chi connectivity index (χ1) is 5.52. The molecule has 0 radical (unpaired) electrons. The number of aromatic nitrogens is 1. The summed E-state index contributed by atoms with van der Waals surface area (Å²) in [6, 6.07) is 1.41. The zero-order valence-electron chi connectivity index (χ0n) is 6.42. The second kappa shape index (κ2) is 2.69. The summed E-state index contributed by atoms with van der Waals surface area (Å²) in [5, 5.41) is 8.58. The Bertz CT molecular complexity index is 381. The van der Waals surface area contributed by atoms with Crippen molar-refractivity contribution >= 4 is 11.8 Å². The molecule has 12 heavy (non-hydrogen) atoms. The Labute approximate surface area is 67.8 Å². The van der Waals surface area contributed by atoms with E-state index in [0.717, 1.165) is 0 Å². The number of aryl methyl sites for hydroxylation is 1. The molecule has 0 aromatic carbocycles. The average molecular weight is 168 g/mol. The highest BCUT2D eigenvalue weighted by atomic mass is 16.4. The number of aromatic carboxylic acids is 1. The number of carboxylic acids is 1. The van der Waals surface area contributed by atoms with Gasteiger partial charge in [0, 0.05) is 0 Å². The normalized spacial score (nSPS) is 9.75. The van der Waals surface area contributed by atoms with E-state index >= 15 is 0 Å². The van der Waals surface area contributed by atoms with E-state index in [1.54, 1.807) is 0 Å². The molecule has 5 heteroatoms. The molecule has 64 valence electrons. The summed E-state index contributed by atoms with van der Waals surface area (Å²) in [7, 11) is 0. The van der Waals surface area contributed by atoms with E-state index in [2.05, 4.69) is 4.98 Å². The fourth-order valence-electron chi connectivity index (χ4n) is 0.980. The molecule has 0 amide bonds. The van der Waals surface area contributed by atoms with E-state index in [1.165, 1.54) is 13.0 Å². The first-order valence-corrected chi connectivity index (χ1v) is 3.25. The lowest BCUT2D eigenvalue weighted by atomic mass is 10.1. The quantitative estimate of drug-likeness (QED) is 0.548. The maximum atomic E-state index is 11.0. The fraction of sp³-hybridized carbons (Fsp3) is 0.143. The number of carboxylic acid groups (broad SMARTS) is 1. The molecule has 0 saturated heterocycles. The summed E-state index contributed by atoms with van der Waals surface area (Å²) in [5.74, 6) is -1.07. The second-order valence-electron chi connectivity index (χ2n) is 2.42. The molecule has 4 N–H and O–H groups in total. The van der Waals surface area contributed by atoms with Crippen LogP contribution in [0, 0.1) is 6.92 Å². The predicted octanol–water partition coefficient (Wildman–Crippen LogP) is -0.0363. The second-order valence-corrected chi connectivity index (χ2v) is 2.42. The van der Waals surface area contributed by atoms with Crippen LogP contribution in [0.4, 0.5) is 5.82 Å². The molecule has 1 aromatic heterocycles. The highest BCUT2D eigenvalue weighted by molar-refractivity contribution is 5.89. The lowest BCUT2D eigenvalue weighted by Crippen LogP contribution is -2.20. The van der Waals surface area contributed by atoms with Crippen LogP contribution in [0.3, 0.4) is 0 Å². The molecule has 0 spiro atoms. The zero-order valence-corrected chi connectivity index (χ0v) is 6.42. The van der Waals surface area contributed by atoms with Gasteiger partial charge in [-0.1, -0.05) is 0 Å². The Hall–Kier alpha value is -1.78. The van der Waals surface area contributed by atoms with Crippen LogP contribution in [0.15, 0.2) is 10.9 Å². The number of carbonyl (C=O) groups is 1. The molecular formula is C7H8N2O3. The first kappa shape index (κ1) is 8.32. The van der Waals surface area contributed by atoms with Crippen LogP contribution in [-0.4, -0.2) is 16.1 Å². The van der Waals surface area contributed by atoms with Gasteiger partial charge in [-0.15, -0.1) is 0 Å². The van der Waals surface area contributed by atoms with Gasteiger partial charge in [0.2, 0.25) is 0 Å². The van der Waals surface area contributed by atoms with Crippen LogP contribution in [-0.2, 0) is 0 Å². The van der Waals surface area contributed by atoms with Crippen LogP contribution >= 0.6 is 0 Å². The standard InChI is InChI=1S/C7H8N2O3/c1-3-2-4(8)9-6(10)5(3)7(11)12/h2H,1H3,(H,11,12)(H3,8,9,10). The number of anilines is 1. The molecule has 0 aliphatic rings. The Morgan fingerprint density at radius 2 is 2.25 bits per heavy atom. The number of H-pyrrole nitrogens is 1. The van der Waals surface area contributed by atoms with Gasteiger partial charge in [-0.25, -0.2) is 4.79 Å². The number of nitrogen functional groups attached to an aromatic ring is 1. The summed E-state index contributed by atoms with van der Waals surface area (Å²) in [4.78, 5) is 23.7. The van der Waals surface area contributed by atoms with Gasteiger partial charge in [0.25, 0.3) is 5.56 Å². The van der Waals surface area contributed by atoms with Crippen molar-refractivity contribution in [2.45, 2.75) is 6.92 Å². The van der Waals surface area contributed by atoms with Crippen molar-refractivity contribution in [2.24, 2.45) is 0 Å². The molecule has 5 nitrogen and oxygen atoms in total. The fourth-order valence-corrected chi connectivity index (χ4v) is 0.980. The molecule has 0 saturated carbocycles. The third kappa shape index (κ3) is 1.29. The molecule has 0 unspecified atom stereocenters. The van der Waals surface area contributed by atoms with Gasteiger partial charge in [-0.2, -0.15) is 0 Å². The molecule has 1 rings (SSSR count). The van der Waals surface area contributed by atoms with Gasteiger partial charge in [-0.05, 0) is 18.6 Å². The first-order valence-electron chi connectivity index (χ1n) is 3.25. The van der Waals surface area contributed by atoms with Gasteiger partial charge in [0.15, 0.2) is 0 Å². The SMILES string of the molecule is Cc1cc(N)[nH]c(=O)c1C(=O)O. The minimum Gasteiger partial charge on any atom is -0.477 e. The van der Waals surface area contributed by atoms with Crippen molar-refractivity contribution in [3.8, 4) is 0 Å². The Morgan fingerprint density at radius 1 is 1.67 bits per heavy atom. The Balaban J connectivity index is 3.49. The Kier molecular flexibility index (Phi) is 1.86. The third-order valence-corrected chi connectivity index (χ3v) is 1.47. The van der Waals surface area contributed by atoms with Gasteiger partial charge < -0.3 is 15.8 Å². The molecule has 0 bridgehead atoms. The summed E-state index contributed by atoms with van der Waals surface area (Å²) in [5.41, 5.74) is 4.72. The minimum absolute atomic E-state index is 0.169. The van der Waals surface area contributed by atoms with Crippen LogP contribution in [0.2, 0.25) is 0 Å². The van der Waals surface area contributed by atoms with Crippen molar-refractivity contribution in [2.75, 3.05) is 5.73 Å². The molecular weight excluding hydrogens is 160 g/mol. The molecule has 0 aliphatic carbocycles. The van der Waals surface area contributed by atoms with Crippen molar-refractivity contribution in [1.82, 2.24) is 4.98 Å². The summed E-state index contributed by atoms with van der Waals surface area (Å²) >= 11 is 0. The minimum atomic E-state index is -1.24. The monoisotopic (exact) mass is 168 g/mol. The molecule has 0 atom stereocenters. The number of rotatable bonds is 1. The molecule has 1 aromatic rings. The number of aromatic amines is 1. The summed E-state index contributed by atoms with van der Waals surface area (Å²) < 4.78 is 0.